The molecule has 7 rings (SSSR count). The van der Waals surface area contributed by atoms with E-state index >= 15 is 35.1 Å². The average Bonchev–Trinajstić information content (AvgIpc) is 3.34. The van der Waals surface area contributed by atoms with Gasteiger partial charge in [-0.3, -0.25) is 14.9 Å². The second kappa shape index (κ2) is 19.5. The number of carbonyl (C=O) groups excluding carboxylic acids is 1. The molecule has 28 heteroatoms. The summed E-state index contributed by atoms with van der Waals surface area (Å²) >= 11 is 0. The molecule has 7 nitrogen and oxygen atoms in total. The number of non-ortho nitro benzene ring substituents is 1. The van der Waals surface area contributed by atoms with Crippen LogP contribution in [0.2, 0.25) is 0 Å². The van der Waals surface area contributed by atoms with Crippen LogP contribution in [0.5, 0.6) is 11.6 Å². The van der Waals surface area contributed by atoms with E-state index in [1.54, 1.807) is 47.3 Å². The number of halogens is 20. The minimum atomic E-state index is -7.22. The normalized spacial score (nSPS) is 11.4. The number of nitro benzene ring substituents is 1. The maximum absolute atomic E-state index is 15.4. The van der Waals surface area contributed by atoms with Gasteiger partial charge in [-0.1, -0.05) is 36.4 Å². The van der Waals surface area contributed by atoms with Crippen LogP contribution < -0.4 is 31.2 Å². The molecule has 0 radical (unpaired) electrons. The Morgan fingerprint density at radius 1 is 0.500 bits per heavy atom. The Kier molecular flexibility index (Phi) is 14.3. The molecule has 0 bridgehead atoms. The lowest BCUT2D eigenvalue weighted by Gasteiger charge is -2.44. The van der Waals surface area contributed by atoms with E-state index in [0.717, 1.165) is 0 Å². The summed E-state index contributed by atoms with van der Waals surface area (Å²) in [7, 11) is 0. The zero-order chi connectivity index (χ0) is 52.0. The predicted octanol–water partition coefficient (Wildman–Crippen LogP) is 8.80. The van der Waals surface area contributed by atoms with Gasteiger partial charge in [0.25, 0.3) is 11.6 Å². The highest BCUT2D eigenvalue weighted by Crippen LogP contribution is 2.31. The van der Waals surface area contributed by atoms with Crippen LogP contribution in [0.3, 0.4) is 0 Å². The Hall–Kier alpha value is -8.07. The molecule has 0 fully saturated rings. The van der Waals surface area contributed by atoms with E-state index in [9.17, 15) is 67.6 Å². The summed E-state index contributed by atoms with van der Waals surface area (Å²) in [5, 5.41) is 10.8. The third kappa shape index (κ3) is 8.56. The molecule has 0 N–H and O–H groups in total. The van der Waals surface area contributed by atoms with Gasteiger partial charge >= 0.3 is 0 Å². The first-order chi connectivity index (χ1) is 32.8. The number of carbonyl (C=O) groups is 1. The van der Waals surface area contributed by atoms with Crippen LogP contribution >= 0.6 is 0 Å². The molecule has 364 valence electrons. The average molecular weight is 1020 g/mol. The number of nitrogens with zero attached hydrogens (tertiary/aromatic N) is 3. The van der Waals surface area contributed by atoms with Crippen LogP contribution in [0.25, 0.3) is 0 Å². The molecule has 7 aromatic rings. The fourth-order valence-electron chi connectivity index (χ4n) is 7.10. The Morgan fingerprint density at radius 2 is 0.843 bits per heavy atom. The molecule has 70 heavy (non-hydrogen) atoms. The topological polar surface area (TPSA) is 86.2 Å². The minimum Gasteiger partial charge on any atom is -0.434 e. The van der Waals surface area contributed by atoms with Crippen molar-refractivity contribution in [3.05, 3.63) is 205 Å². The number of hydrogen-bond acceptors (Lipinski definition) is 5. The van der Waals surface area contributed by atoms with E-state index in [1.165, 1.54) is 24.4 Å². The standard InChI is InChI=1S/C24BF20.C18H14N3O4/c26-5-1(6(27)14(35)21(42)13(5)34)25(2-7(28)15(36)22(43)16(37)8(2)29,3-9(30)17(38)23(44)18(39)10(3)31)4-11(32)19(40)24(45)20(41)12(4)33;22-17(14-5-2-1-3-6-14)12-20-10-9-19-18(13-20)25-16-8-4-7-15(11-16)21(23)24/h;1-11,13H,12H2/q-1;+1. The maximum Gasteiger partial charge on any atom is 0.285 e. The molecular formula is C42H14BF20N3O4. The first kappa shape index (κ1) is 51.3. The summed E-state index contributed by atoms with van der Waals surface area (Å²) in [6.07, 6.45) is -2.49. The van der Waals surface area contributed by atoms with Crippen LogP contribution in [-0.4, -0.2) is 21.8 Å². The zero-order valence-electron chi connectivity index (χ0n) is 33.2. The van der Waals surface area contributed by atoms with Gasteiger partial charge in [-0.15, -0.1) is 21.9 Å². The molecule has 1 aromatic heterocycles. The number of aromatic nitrogens is 2. The van der Waals surface area contributed by atoms with Crippen LogP contribution in [0.4, 0.5) is 93.5 Å². The molecule has 0 unspecified atom stereocenters. The van der Waals surface area contributed by atoms with Crippen LogP contribution in [0.1, 0.15) is 10.4 Å². The summed E-state index contributed by atoms with van der Waals surface area (Å²) in [5.74, 6) is -70.9. The Bertz CT molecular complexity index is 2910. The van der Waals surface area contributed by atoms with Crippen molar-refractivity contribution in [3.8, 4) is 11.6 Å². The number of Topliss-reactive ketones (excluding diaryl/α,β-unsaturated/α-hetero) is 1. The van der Waals surface area contributed by atoms with Crippen molar-refractivity contribution >= 4 is 39.5 Å². The van der Waals surface area contributed by atoms with Crippen molar-refractivity contribution in [3.63, 3.8) is 0 Å². The summed E-state index contributed by atoms with van der Waals surface area (Å²) in [4.78, 5) is 26.6. The third-order valence-electron chi connectivity index (χ3n) is 10.1. The smallest absolute Gasteiger partial charge is 0.285 e. The van der Waals surface area contributed by atoms with Gasteiger partial charge in [0.15, 0.2) is 76.0 Å². The van der Waals surface area contributed by atoms with Crippen molar-refractivity contribution in [2.24, 2.45) is 0 Å². The van der Waals surface area contributed by atoms with Gasteiger partial charge in [0.05, 0.1) is 17.2 Å². The van der Waals surface area contributed by atoms with E-state index in [4.69, 9.17) is 4.74 Å². The van der Waals surface area contributed by atoms with E-state index in [1.807, 2.05) is 6.07 Å². The molecule has 0 spiro atoms. The SMILES string of the molecule is Fc1c(F)c(F)c([B-](c2c(F)c(F)c(F)c(F)c2F)(c2c(F)c(F)c(F)c(F)c2F)c2c(F)c(F)c(F)c(F)c2F)c(F)c1F.O=C(C[n+]1ccnc(Oc2cccc([N+](=O)[O-])c2)c1)c1ccccc1. The number of ketones is 1. The van der Waals surface area contributed by atoms with Gasteiger partial charge in [-0.25, -0.2) is 92.8 Å². The first-order valence-electron chi connectivity index (χ1n) is 18.4. The molecule has 0 saturated carbocycles. The summed E-state index contributed by atoms with van der Waals surface area (Å²) in [6, 6.07) is 14.8. The minimum absolute atomic E-state index is 0.0434. The highest BCUT2D eigenvalue weighted by atomic mass is 19.2. The largest absolute Gasteiger partial charge is 0.434 e. The number of nitro groups is 1. The fourth-order valence-corrected chi connectivity index (χ4v) is 7.10. The van der Waals surface area contributed by atoms with Crippen LogP contribution in [0.15, 0.2) is 73.2 Å². The monoisotopic (exact) mass is 1020 g/mol. The molecule has 0 aliphatic rings. The number of benzene rings is 6. The van der Waals surface area contributed by atoms with Crippen molar-refractivity contribution in [2.75, 3.05) is 0 Å². The lowest BCUT2D eigenvalue weighted by atomic mass is 9.12. The second-order valence-electron chi connectivity index (χ2n) is 14.0. The summed E-state index contributed by atoms with van der Waals surface area (Å²) < 4.78 is 301. The van der Waals surface area contributed by atoms with Crippen molar-refractivity contribution in [1.29, 1.82) is 0 Å². The first-order valence-corrected chi connectivity index (χ1v) is 18.4. The van der Waals surface area contributed by atoms with Gasteiger partial charge in [0, 0.05) is 11.6 Å². The molecule has 0 amide bonds. The Morgan fingerprint density at radius 3 is 1.19 bits per heavy atom. The molecule has 0 saturated heterocycles. The van der Waals surface area contributed by atoms with E-state index in [0.29, 0.717) is 11.3 Å². The lowest BCUT2D eigenvalue weighted by molar-refractivity contribution is -0.683. The van der Waals surface area contributed by atoms with E-state index in [2.05, 4.69) is 4.98 Å². The molecule has 0 aliphatic carbocycles. The van der Waals surface area contributed by atoms with Gasteiger partial charge in [-0.2, -0.15) is 4.57 Å². The van der Waals surface area contributed by atoms with Gasteiger partial charge in [0.2, 0.25) is 18.5 Å². The highest BCUT2D eigenvalue weighted by Gasteiger charge is 2.52. The molecular weight excluding hydrogens is 1000 g/mol. The summed E-state index contributed by atoms with van der Waals surface area (Å²) in [6.45, 7) is 0.137. The maximum atomic E-state index is 15.4. The molecule has 6 aromatic carbocycles. The van der Waals surface area contributed by atoms with E-state index in [-0.39, 0.29) is 23.9 Å². The zero-order valence-corrected chi connectivity index (χ0v) is 33.2. The van der Waals surface area contributed by atoms with Crippen molar-refractivity contribution in [2.45, 2.75) is 6.54 Å². The Balaban J connectivity index is 0.000000270. The fraction of sp³-hybridized carbons (Fsp3) is 0.0238. The van der Waals surface area contributed by atoms with Crippen LogP contribution in [-0.2, 0) is 6.54 Å². The van der Waals surface area contributed by atoms with Crippen molar-refractivity contribution in [1.82, 2.24) is 4.98 Å². The van der Waals surface area contributed by atoms with Gasteiger partial charge < -0.3 is 4.74 Å². The van der Waals surface area contributed by atoms with Crippen molar-refractivity contribution < 1.29 is 107 Å². The quantitative estimate of drug-likeness (QED) is 0.0200. The van der Waals surface area contributed by atoms with Crippen LogP contribution in [0, 0.1) is 126 Å². The van der Waals surface area contributed by atoms with E-state index < -0.39 is 149 Å². The Labute approximate surface area is 374 Å². The number of rotatable bonds is 10. The third-order valence-corrected chi connectivity index (χ3v) is 10.1. The van der Waals surface area contributed by atoms with Gasteiger partial charge in [-0.05, 0) is 6.07 Å². The number of ether oxygens (including phenoxy) is 1. The molecule has 1 heterocycles. The summed E-state index contributed by atoms with van der Waals surface area (Å²) in [5.41, 5.74) is -13.8. The number of hydrogen-bond donors (Lipinski definition) is 0. The second-order valence-corrected chi connectivity index (χ2v) is 14.0. The molecule has 0 aliphatic heterocycles. The lowest BCUT2D eigenvalue weighted by Crippen LogP contribution is -2.81. The predicted molar refractivity (Wildman–Crippen MR) is 198 cm³/mol. The highest BCUT2D eigenvalue weighted by molar-refractivity contribution is 7.20. The molecule has 0 atom stereocenters. The van der Waals surface area contributed by atoms with Gasteiger partial charge in [0.1, 0.15) is 58.4 Å².